The van der Waals surface area contributed by atoms with Crippen LogP contribution in [0.2, 0.25) is 0 Å². The highest BCUT2D eigenvalue weighted by Crippen LogP contribution is 2.31. The van der Waals surface area contributed by atoms with Crippen molar-refractivity contribution < 1.29 is 14.1 Å². The normalized spacial score (nSPS) is 13.8. The van der Waals surface area contributed by atoms with Crippen LogP contribution in [0.1, 0.15) is 13.3 Å². The summed E-state index contributed by atoms with van der Waals surface area (Å²) < 4.78 is 11.5. The van der Waals surface area contributed by atoms with E-state index in [4.69, 9.17) is 9.26 Å². The van der Waals surface area contributed by atoms with Crippen molar-refractivity contribution in [1.82, 2.24) is 30.3 Å². The summed E-state index contributed by atoms with van der Waals surface area (Å²) in [7, 11) is 0. The largest absolute Gasteiger partial charge is 0.486 e. The molecule has 144 valence electrons. The first kappa shape index (κ1) is 17.9. The van der Waals surface area contributed by atoms with Gasteiger partial charge < -0.3 is 19.5 Å². The smallest absolute Gasteiger partial charge is 0.317 e. The summed E-state index contributed by atoms with van der Waals surface area (Å²) in [5.74, 6) is 1.34. The highest BCUT2D eigenvalue weighted by molar-refractivity contribution is 5.75. The van der Waals surface area contributed by atoms with Gasteiger partial charge in [-0.15, -0.1) is 0 Å². The Labute approximate surface area is 161 Å². The fourth-order valence-electron chi connectivity index (χ4n) is 2.80. The zero-order chi connectivity index (χ0) is 19.3. The molecule has 1 saturated heterocycles. The summed E-state index contributed by atoms with van der Waals surface area (Å²) in [6.45, 7) is 3.78. The van der Waals surface area contributed by atoms with E-state index >= 15 is 0 Å². The average Bonchev–Trinajstić information content (AvgIpc) is 3.19. The third-order valence-electron chi connectivity index (χ3n) is 4.29. The fourth-order valence-corrected chi connectivity index (χ4v) is 2.80. The minimum atomic E-state index is -0.0732. The number of ether oxygens (including phenoxy) is 1. The number of benzene rings is 1. The molecule has 1 aliphatic heterocycles. The molecule has 0 bridgehead atoms. The van der Waals surface area contributed by atoms with Crippen molar-refractivity contribution in [3.8, 4) is 28.7 Å². The third-order valence-corrected chi connectivity index (χ3v) is 4.29. The summed E-state index contributed by atoms with van der Waals surface area (Å²) in [4.78, 5) is 26.2. The molecule has 1 fully saturated rings. The Balaban J connectivity index is 1.44. The molecule has 0 spiro atoms. The van der Waals surface area contributed by atoms with E-state index in [1.54, 1.807) is 23.5 Å². The van der Waals surface area contributed by atoms with Crippen molar-refractivity contribution in [3.63, 3.8) is 0 Å². The molecule has 1 aromatic carbocycles. The molecule has 1 aliphatic rings. The topological polar surface area (TPSA) is 106 Å². The number of nitrogens with one attached hydrogen (secondary N) is 1. The van der Waals surface area contributed by atoms with Gasteiger partial charge in [-0.3, -0.25) is 4.98 Å². The van der Waals surface area contributed by atoms with Crippen LogP contribution < -0.4 is 10.1 Å². The van der Waals surface area contributed by atoms with Crippen LogP contribution in [0.5, 0.6) is 5.75 Å². The minimum Gasteiger partial charge on any atom is -0.486 e. The summed E-state index contributed by atoms with van der Waals surface area (Å²) in [6, 6.07) is 7.40. The van der Waals surface area contributed by atoms with Gasteiger partial charge >= 0.3 is 6.03 Å². The van der Waals surface area contributed by atoms with E-state index in [-0.39, 0.29) is 12.1 Å². The fraction of sp³-hybridized carbons (Fsp3) is 0.316. The van der Waals surface area contributed by atoms with E-state index < -0.39 is 0 Å². The molecule has 4 rings (SSSR count). The second-order valence-electron chi connectivity index (χ2n) is 6.39. The van der Waals surface area contributed by atoms with Gasteiger partial charge in [0.1, 0.15) is 17.5 Å². The first-order valence-electron chi connectivity index (χ1n) is 9.13. The van der Waals surface area contributed by atoms with E-state index in [0.717, 1.165) is 6.42 Å². The summed E-state index contributed by atoms with van der Waals surface area (Å²) in [5.41, 5.74) is 1.22. The van der Waals surface area contributed by atoms with Crippen LogP contribution in [0.15, 0.2) is 47.4 Å². The third kappa shape index (κ3) is 3.78. The van der Waals surface area contributed by atoms with Gasteiger partial charge in [-0.25, -0.2) is 9.78 Å². The van der Waals surface area contributed by atoms with Crippen LogP contribution in [0.4, 0.5) is 4.79 Å². The molecule has 1 N–H and O–H groups in total. The lowest BCUT2D eigenvalue weighted by Crippen LogP contribution is -2.58. The van der Waals surface area contributed by atoms with Gasteiger partial charge in [0, 0.05) is 18.9 Å². The molecular weight excluding hydrogens is 360 g/mol. The van der Waals surface area contributed by atoms with E-state index in [2.05, 4.69) is 25.4 Å². The average molecular weight is 380 g/mol. The molecule has 28 heavy (non-hydrogen) atoms. The molecule has 0 aliphatic carbocycles. The Hall–Kier alpha value is -3.49. The Bertz CT molecular complexity index is 940. The number of carbonyl (C=O) groups excluding carboxylic acids is 1. The first-order valence-corrected chi connectivity index (χ1v) is 9.13. The van der Waals surface area contributed by atoms with E-state index in [1.165, 1.54) is 0 Å². The number of nitrogens with zero attached hydrogens (tertiary/aromatic N) is 5. The maximum Gasteiger partial charge on any atom is 0.317 e. The number of likely N-dealkylation sites (tertiary alicyclic amines) is 1. The number of carbonyl (C=O) groups is 1. The molecule has 3 aromatic rings. The lowest BCUT2D eigenvalue weighted by Gasteiger charge is -2.39. The van der Waals surface area contributed by atoms with Gasteiger partial charge in [-0.05, 0) is 18.6 Å². The summed E-state index contributed by atoms with van der Waals surface area (Å²) in [6.07, 6.45) is 5.56. The van der Waals surface area contributed by atoms with Crippen LogP contribution in [0.3, 0.4) is 0 Å². The number of rotatable bonds is 6. The highest BCUT2D eigenvalue weighted by Gasteiger charge is 2.32. The van der Waals surface area contributed by atoms with Crippen LogP contribution in [0.25, 0.3) is 23.0 Å². The van der Waals surface area contributed by atoms with E-state index in [1.807, 2.05) is 31.2 Å². The van der Waals surface area contributed by atoms with Gasteiger partial charge in [0.25, 0.3) is 5.89 Å². The zero-order valence-corrected chi connectivity index (χ0v) is 15.4. The maximum absolute atomic E-state index is 11.9. The maximum atomic E-state index is 11.9. The lowest BCUT2D eigenvalue weighted by atomic mass is 10.1. The van der Waals surface area contributed by atoms with Crippen molar-refractivity contribution in [2.45, 2.75) is 19.4 Å². The van der Waals surface area contributed by atoms with Gasteiger partial charge in [-0.2, -0.15) is 4.98 Å². The number of hydrogen-bond acceptors (Lipinski definition) is 7. The predicted molar refractivity (Wildman–Crippen MR) is 100 cm³/mol. The van der Waals surface area contributed by atoms with Crippen molar-refractivity contribution in [3.05, 3.63) is 42.9 Å². The number of hydrogen-bond donors (Lipinski definition) is 1. The van der Waals surface area contributed by atoms with Gasteiger partial charge in [0.2, 0.25) is 5.82 Å². The molecule has 0 saturated carbocycles. The van der Waals surface area contributed by atoms with Crippen LogP contribution in [-0.4, -0.2) is 56.8 Å². The standard InChI is InChI=1S/C19H20N6O3/c1-2-7-22-19(26)25-11-13(12-25)27-16-6-4-3-5-14(16)18-23-17(24-28-18)15-10-20-8-9-21-15/h3-6,8-10,13H,2,7,11-12H2,1H3,(H,22,26). The zero-order valence-electron chi connectivity index (χ0n) is 15.4. The molecular formula is C19H20N6O3. The Morgan fingerprint density at radius 1 is 1.32 bits per heavy atom. The summed E-state index contributed by atoms with van der Waals surface area (Å²) >= 11 is 0. The lowest BCUT2D eigenvalue weighted by molar-refractivity contribution is 0.0448. The molecule has 0 radical (unpaired) electrons. The van der Waals surface area contributed by atoms with Crippen molar-refractivity contribution in [1.29, 1.82) is 0 Å². The van der Waals surface area contributed by atoms with Crippen LogP contribution in [0, 0.1) is 0 Å². The van der Waals surface area contributed by atoms with Crippen molar-refractivity contribution in [2.24, 2.45) is 0 Å². The number of para-hydroxylation sites is 1. The predicted octanol–water partition coefficient (Wildman–Crippen LogP) is 2.38. The summed E-state index contributed by atoms with van der Waals surface area (Å²) in [5, 5.41) is 6.84. The first-order chi connectivity index (χ1) is 13.7. The quantitative estimate of drug-likeness (QED) is 0.700. The van der Waals surface area contributed by atoms with Crippen LogP contribution in [-0.2, 0) is 0 Å². The van der Waals surface area contributed by atoms with E-state index in [9.17, 15) is 4.79 Å². The molecule has 0 unspecified atom stereocenters. The Morgan fingerprint density at radius 2 is 2.18 bits per heavy atom. The number of amides is 2. The SMILES string of the molecule is CCCNC(=O)N1CC(Oc2ccccc2-c2nc(-c3cnccn3)no2)C1. The molecule has 9 heteroatoms. The molecule has 0 atom stereocenters. The van der Waals surface area contributed by atoms with Crippen LogP contribution >= 0.6 is 0 Å². The van der Waals surface area contributed by atoms with Gasteiger partial charge in [0.05, 0.1) is 24.8 Å². The van der Waals surface area contributed by atoms with Gasteiger partial charge in [-0.1, -0.05) is 24.2 Å². The Morgan fingerprint density at radius 3 is 2.96 bits per heavy atom. The molecule has 9 nitrogen and oxygen atoms in total. The Kier molecular flexibility index (Phi) is 5.14. The number of aromatic nitrogens is 4. The van der Waals surface area contributed by atoms with Crippen molar-refractivity contribution in [2.75, 3.05) is 19.6 Å². The molecule has 3 heterocycles. The second kappa shape index (κ2) is 8.03. The van der Waals surface area contributed by atoms with Crippen molar-refractivity contribution >= 4 is 6.03 Å². The second-order valence-corrected chi connectivity index (χ2v) is 6.39. The minimum absolute atomic E-state index is 0.0551. The highest BCUT2D eigenvalue weighted by atomic mass is 16.5. The molecule has 2 aromatic heterocycles. The van der Waals surface area contributed by atoms with E-state index in [0.29, 0.717) is 48.4 Å². The molecule has 2 amide bonds. The monoisotopic (exact) mass is 380 g/mol. The van der Waals surface area contributed by atoms with Gasteiger partial charge in [0.15, 0.2) is 0 Å². The number of urea groups is 1.